The lowest BCUT2D eigenvalue weighted by Crippen LogP contribution is -2.41. The summed E-state index contributed by atoms with van der Waals surface area (Å²) >= 11 is 6.41. The molecule has 0 radical (unpaired) electrons. The smallest absolute Gasteiger partial charge is 0.276 e. The maximum atomic E-state index is 12.5. The zero-order chi connectivity index (χ0) is 14.1. The summed E-state index contributed by atoms with van der Waals surface area (Å²) in [5.41, 5.74) is 1.34. The number of amides is 1. The lowest BCUT2D eigenvalue weighted by atomic mass is 10.3. The average molecular weight is 299 g/mol. The van der Waals surface area contributed by atoms with Crippen molar-refractivity contribution in [2.24, 2.45) is 0 Å². The Morgan fingerprint density at radius 2 is 2.00 bits per heavy atom. The first-order chi connectivity index (χ1) is 9.66. The molecule has 0 atom stereocenters. The predicted octanol–water partition coefficient (Wildman–Crippen LogP) is 0.844. The van der Waals surface area contributed by atoms with Gasteiger partial charge < -0.3 is 14.5 Å². The van der Waals surface area contributed by atoms with Crippen molar-refractivity contribution in [1.82, 2.24) is 19.6 Å². The van der Waals surface area contributed by atoms with Crippen molar-refractivity contribution in [2.75, 3.05) is 39.9 Å². The quantitative estimate of drug-likeness (QED) is 0.771. The Bertz CT molecular complexity index is 511. The van der Waals surface area contributed by atoms with Crippen LogP contribution in [0.25, 0.3) is 0 Å². The molecule has 1 saturated heterocycles. The van der Waals surface area contributed by atoms with Crippen LogP contribution in [0.4, 0.5) is 0 Å². The van der Waals surface area contributed by atoms with Crippen molar-refractivity contribution in [2.45, 2.75) is 19.5 Å². The van der Waals surface area contributed by atoms with Crippen LogP contribution in [-0.4, -0.2) is 65.4 Å². The summed E-state index contributed by atoms with van der Waals surface area (Å²) < 4.78 is 7.16. The largest absolute Gasteiger partial charge is 0.378 e. The fourth-order valence-electron chi connectivity index (χ4n) is 2.69. The lowest BCUT2D eigenvalue weighted by Gasteiger charge is -2.26. The van der Waals surface area contributed by atoms with E-state index in [1.165, 1.54) is 0 Å². The first-order valence-electron chi connectivity index (χ1n) is 6.97. The molecule has 7 heteroatoms. The van der Waals surface area contributed by atoms with Crippen molar-refractivity contribution >= 4 is 17.5 Å². The fourth-order valence-corrected chi connectivity index (χ4v) is 2.96. The van der Waals surface area contributed by atoms with E-state index in [-0.39, 0.29) is 5.91 Å². The molecule has 6 nitrogen and oxygen atoms in total. The highest BCUT2D eigenvalue weighted by molar-refractivity contribution is 6.34. The Balaban J connectivity index is 1.87. The molecular weight excluding hydrogens is 280 g/mol. The molecule has 110 valence electrons. The maximum Gasteiger partial charge on any atom is 0.276 e. The number of aromatic nitrogens is 2. The second kappa shape index (κ2) is 5.71. The van der Waals surface area contributed by atoms with Gasteiger partial charge in [0.15, 0.2) is 5.69 Å². The van der Waals surface area contributed by atoms with E-state index in [1.807, 2.05) is 4.68 Å². The summed E-state index contributed by atoms with van der Waals surface area (Å²) in [6.45, 7) is 4.96. The minimum absolute atomic E-state index is 0.0819. The van der Waals surface area contributed by atoms with Gasteiger partial charge in [0.2, 0.25) is 0 Å². The van der Waals surface area contributed by atoms with Crippen LogP contribution < -0.4 is 0 Å². The molecular formula is C13H19ClN4O2. The first kappa shape index (κ1) is 13.9. The number of nitrogens with zero attached hydrogens (tertiary/aromatic N) is 4. The molecule has 1 amide bonds. The highest BCUT2D eigenvalue weighted by Crippen LogP contribution is 2.25. The van der Waals surface area contributed by atoms with Gasteiger partial charge in [-0.2, -0.15) is 5.10 Å². The number of rotatable bonds is 1. The second-order valence-corrected chi connectivity index (χ2v) is 5.71. The van der Waals surface area contributed by atoms with Gasteiger partial charge in [-0.1, -0.05) is 11.6 Å². The zero-order valence-corrected chi connectivity index (χ0v) is 12.4. The van der Waals surface area contributed by atoms with Crippen molar-refractivity contribution in [3.63, 3.8) is 0 Å². The standard InChI is InChI=1S/C13H19ClN4O2/c1-16-3-2-4-18-10(9-16)11(14)12(15-18)13(19)17-5-7-20-8-6-17/h2-9H2,1H3. The monoisotopic (exact) mass is 298 g/mol. The molecule has 0 aromatic carbocycles. The molecule has 0 spiro atoms. The average Bonchev–Trinajstić information content (AvgIpc) is 2.65. The maximum absolute atomic E-state index is 12.5. The molecule has 20 heavy (non-hydrogen) atoms. The molecule has 0 aliphatic carbocycles. The third-order valence-corrected chi connectivity index (χ3v) is 4.22. The number of aryl methyl sites for hydroxylation is 1. The van der Waals surface area contributed by atoms with Gasteiger partial charge in [0.25, 0.3) is 5.91 Å². The van der Waals surface area contributed by atoms with Crippen LogP contribution in [0.2, 0.25) is 5.02 Å². The molecule has 1 aromatic rings. The number of ether oxygens (including phenoxy) is 1. The third kappa shape index (κ3) is 2.55. The van der Waals surface area contributed by atoms with Gasteiger partial charge in [0, 0.05) is 32.7 Å². The summed E-state index contributed by atoms with van der Waals surface area (Å²) in [7, 11) is 2.06. The van der Waals surface area contributed by atoms with Crippen LogP contribution in [0, 0.1) is 0 Å². The summed E-state index contributed by atoms with van der Waals surface area (Å²) in [4.78, 5) is 16.5. The lowest BCUT2D eigenvalue weighted by molar-refractivity contribution is 0.0298. The number of hydrogen-bond acceptors (Lipinski definition) is 4. The molecule has 2 aliphatic rings. The summed E-state index contributed by atoms with van der Waals surface area (Å²) in [5, 5.41) is 4.96. The number of hydrogen-bond donors (Lipinski definition) is 0. The topological polar surface area (TPSA) is 50.6 Å². The molecule has 0 bridgehead atoms. The Kier molecular flexibility index (Phi) is 3.96. The highest BCUT2D eigenvalue weighted by Gasteiger charge is 2.28. The molecule has 3 heterocycles. The Labute approximate surface area is 123 Å². The van der Waals surface area contributed by atoms with Crippen LogP contribution in [0.15, 0.2) is 0 Å². The molecule has 3 rings (SSSR count). The van der Waals surface area contributed by atoms with Crippen molar-refractivity contribution in [3.05, 3.63) is 16.4 Å². The number of carbonyl (C=O) groups is 1. The molecule has 0 N–H and O–H groups in total. The number of fused-ring (bicyclic) bond motifs is 1. The van der Waals surface area contributed by atoms with Gasteiger partial charge in [-0.25, -0.2) is 0 Å². The van der Waals surface area contributed by atoms with Crippen molar-refractivity contribution in [3.8, 4) is 0 Å². The molecule has 0 saturated carbocycles. The minimum atomic E-state index is -0.0819. The SMILES string of the molecule is CN1CCCn2nc(C(=O)N3CCOCC3)c(Cl)c2C1. The summed E-state index contributed by atoms with van der Waals surface area (Å²) in [6, 6.07) is 0. The first-order valence-corrected chi connectivity index (χ1v) is 7.35. The van der Waals surface area contributed by atoms with E-state index >= 15 is 0 Å². The van der Waals surface area contributed by atoms with Crippen molar-refractivity contribution in [1.29, 1.82) is 0 Å². The molecule has 2 aliphatic heterocycles. The van der Waals surface area contributed by atoms with E-state index in [4.69, 9.17) is 16.3 Å². The summed E-state index contributed by atoms with van der Waals surface area (Å²) in [6.07, 6.45) is 1.02. The van der Waals surface area contributed by atoms with Gasteiger partial charge in [0.1, 0.15) is 0 Å². The van der Waals surface area contributed by atoms with Crippen LogP contribution >= 0.6 is 11.6 Å². The third-order valence-electron chi connectivity index (χ3n) is 3.82. The van der Waals surface area contributed by atoms with E-state index < -0.39 is 0 Å². The van der Waals surface area contributed by atoms with Gasteiger partial charge in [-0.05, 0) is 13.5 Å². The molecule has 1 aromatic heterocycles. The Hall–Kier alpha value is -1.11. The number of morpholine rings is 1. The number of carbonyl (C=O) groups excluding carboxylic acids is 1. The zero-order valence-electron chi connectivity index (χ0n) is 11.6. The minimum Gasteiger partial charge on any atom is -0.378 e. The van der Waals surface area contributed by atoms with E-state index in [0.717, 1.165) is 31.7 Å². The van der Waals surface area contributed by atoms with Crippen LogP contribution in [0.1, 0.15) is 22.6 Å². The van der Waals surface area contributed by atoms with Crippen LogP contribution in [0.5, 0.6) is 0 Å². The summed E-state index contributed by atoms with van der Waals surface area (Å²) in [5.74, 6) is -0.0819. The van der Waals surface area contributed by atoms with E-state index in [1.54, 1.807) is 4.90 Å². The van der Waals surface area contributed by atoms with Gasteiger partial charge in [-0.3, -0.25) is 9.48 Å². The van der Waals surface area contributed by atoms with Crippen LogP contribution in [0.3, 0.4) is 0 Å². The van der Waals surface area contributed by atoms with E-state index in [0.29, 0.717) is 37.0 Å². The highest BCUT2D eigenvalue weighted by atomic mass is 35.5. The number of halogens is 1. The van der Waals surface area contributed by atoms with E-state index in [2.05, 4.69) is 17.0 Å². The van der Waals surface area contributed by atoms with Gasteiger partial charge >= 0.3 is 0 Å². The predicted molar refractivity (Wildman–Crippen MR) is 74.9 cm³/mol. The Morgan fingerprint density at radius 3 is 2.75 bits per heavy atom. The van der Waals surface area contributed by atoms with Gasteiger partial charge in [-0.15, -0.1) is 0 Å². The second-order valence-electron chi connectivity index (χ2n) is 5.33. The van der Waals surface area contributed by atoms with Gasteiger partial charge in [0.05, 0.1) is 23.9 Å². The van der Waals surface area contributed by atoms with Crippen molar-refractivity contribution < 1.29 is 9.53 Å². The molecule has 0 unspecified atom stereocenters. The molecule has 1 fully saturated rings. The van der Waals surface area contributed by atoms with E-state index in [9.17, 15) is 4.79 Å². The normalized spacial score (nSPS) is 20.6. The van der Waals surface area contributed by atoms with Crippen LogP contribution in [-0.2, 0) is 17.8 Å². The Morgan fingerprint density at radius 1 is 1.25 bits per heavy atom. The fraction of sp³-hybridized carbons (Fsp3) is 0.692.